The zero-order chi connectivity index (χ0) is 13.1. The molecule has 0 heterocycles. The van der Waals surface area contributed by atoms with Crippen LogP contribution in [0.1, 0.15) is 18.5 Å². The van der Waals surface area contributed by atoms with Crippen LogP contribution in [0.2, 0.25) is 0 Å². The highest BCUT2D eigenvalue weighted by molar-refractivity contribution is 7.92. The summed E-state index contributed by atoms with van der Waals surface area (Å²) >= 11 is 0. The van der Waals surface area contributed by atoms with Crippen molar-refractivity contribution in [2.24, 2.45) is 5.73 Å². The van der Waals surface area contributed by atoms with Crippen molar-refractivity contribution in [3.8, 4) is 0 Å². The van der Waals surface area contributed by atoms with Gasteiger partial charge in [0.15, 0.2) is 9.84 Å². The minimum absolute atomic E-state index is 0.0408. The van der Waals surface area contributed by atoms with Crippen LogP contribution in [0.5, 0.6) is 0 Å². The van der Waals surface area contributed by atoms with Gasteiger partial charge in [0, 0.05) is 17.5 Å². The predicted molar refractivity (Wildman–Crippen MR) is 68.1 cm³/mol. The maximum Gasteiger partial charge on any atom is 0.157 e. The summed E-state index contributed by atoms with van der Waals surface area (Å²) in [5, 5.41) is 8.22. The summed E-state index contributed by atoms with van der Waals surface area (Å²) < 4.78 is 23.5. The number of sulfone groups is 1. The first-order chi connectivity index (χ1) is 7.92. The van der Waals surface area contributed by atoms with E-state index in [0.29, 0.717) is 11.3 Å². The van der Waals surface area contributed by atoms with Crippen LogP contribution in [0.4, 0.5) is 5.69 Å². The van der Waals surface area contributed by atoms with Gasteiger partial charge in [0.1, 0.15) is 5.25 Å². The van der Waals surface area contributed by atoms with Crippen molar-refractivity contribution >= 4 is 15.5 Å². The fourth-order valence-electron chi connectivity index (χ4n) is 1.60. The number of nitrogen functional groups attached to an aromatic ring is 1. The molecule has 0 radical (unpaired) electrons. The normalized spacial score (nSPS) is 15.5. The topological polar surface area (TPSA) is 106 Å². The Labute approximate surface area is 101 Å². The smallest absolute Gasteiger partial charge is 0.157 e. The molecule has 96 valence electrons. The zero-order valence-electron chi connectivity index (χ0n) is 9.70. The van der Waals surface area contributed by atoms with E-state index >= 15 is 0 Å². The minimum Gasteiger partial charge on any atom is -0.399 e. The van der Waals surface area contributed by atoms with Crippen molar-refractivity contribution < 1.29 is 13.5 Å². The van der Waals surface area contributed by atoms with Crippen LogP contribution in [0.15, 0.2) is 24.3 Å². The second kappa shape index (κ2) is 5.48. The third-order valence-corrected chi connectivity index (χ3v) is 4.94. The first-order valence-corrected chi connectivity index (χ1v) is 7.07. The number of nitrogens with two attached hydrogens (primary N) is 2. The Morgan fingerprint density at radius 1 is 1.29 bits per heavy atom. The molecule has 1 rings (SSSR count). The average Bonchev–Trinajstić information content (AvgIpc) is 2.30. The molecule has 1 aromatic carbocycles. The second-order valence-corrected chi connectivity index (χ2v) is 6.37. The van der Waals surface area contributed by atoms with Crippen LogP contribution < -0.4 is 11.5 Å². The lowest BCUT2D eigenvalue weighted by Crippen LogP contribution is -2.37. The van der Waals surface area contributed by atoms with Gasteiger partial charge in [0.25, 0.3) is 0 Å². The van der Waals surface area contributed by atoms with Gasteiger partial charge in [0.2, 0.25) is 0 Å². The number of anilines is 1. The zero-order valence-corrected chi connectivity index (χ0v) is 10.5. The van der Waals surface area contributed by atoms with Gasteiger partial charge < -0.3 is 16.6 Å². The maximum atomic E-state index is 11.7. The van der Waals surface area contributed by atoms with E-state index in [2.05, 4.69) is 0 Å². The van der Waals surface area contributed by atoms with Crippen molar-refractivity contribution in [1.29, 1.82) is 0 Å². The van der Waals surface area contributed by atoms with Crippen LogP contribution >= 0.6 is 0 Å². The van der Waals surface area contributed by atoms with Crippen molar-refractivity contribution in [3.63, 3.8) is 0 Å². The molecular weight excluding hydrogens is 240 g/mol. The lowest BCUT2D eigenvalue weighted by molar-refractivity contribution is 0.277. The highest BCUT2D eigenvalue weighted by Gasteiger charge is 2.30. The highest BCUT2D eigenvalue weighted by atomic mass is 32.2. The Morgan fingerprint density at radius 3 is 2.24 bits per heavy atom. The standard InChI is InChI=1S/C11H18N2O3S/c1-2-17(15,16)10(7-14)11(13)8-3-5-9(12)6-4-8/h3-6,10-11,14H,2,7,12-13H2,1H3. The van der Waals surface area contributed by atoms with E-state index in [4.69, 9.17) is 11.5 Å². The molecule has 17 heavy (non-hydrogen) atoms. The van der Waals surface area contributed by atoms with E-state index in [-0.39, 0.29) is 5.75 Å². The van der Waals surface area contributed by atoms with Crippen molar-refractivity contribution in [2.75, 3.05) is 18.1 Å². The molecule has 2 unspecified atom stereocenters. The molecule has 5 nitrogen and oxygen atoms in total. The van der Waals surface area contributed by atoms with E-state index in [1.807, 2.05) is 0 Å². The average molecular weight is 258 g/mol. The Hall–Kier alpha value is -1.11. The van der Waals surface area contributed by atoms with Gasteiger partial charge in [-0.15, -0.1) is 0 Å². The largest absolute Gasteiger partial charge is 0.399 e. The lowest BCUT2D eigenvalue weighted by Gasteiger charge is -2.21. The van der Waals surface area contributed by atoms with Crippen molar-refractivity contribution in [2.45, 2.75) is 18.2 Å². The van der Waals surface area contributed by atoms with E-state index < -0.39 is 27.7 Å². The monoisotopic (exact) mass is 258 g/mol. The number of benzene rings is 1. The van der Waals surface area contributed by atoms with E-state index in [9.17, 15) is 13.5 Å². The molecule has 0 aliphatic rings. The maximum absolute atomic E-state index is 11.7. The van der Waals surface area contributed by atoms with Gasteiger partial charge in [-0.2, -0.15) is 0 Å². The van der Waals surface area contributed by atoms with Crippen LogP contribution in [0.3, 0.4) is 0 Å². The molecule has 0 amide bonds. The van der Waals surface area contributed by atoms with E-state index in [1.165, 1.54) is 6.92 Å². The third kappa shape index (κ3) is 3.18. The summed E-state index contributed by atoms with van der Waals surface area (Å²) in [4.78, 5) is 0. The summed E-state index contributed by atoms with van der Waals surface area (Å²) in [6.07, 6.45) is 0. The molecule has 0 saturated heterocycles. The SMILES string of the molecule is CCS(=O)(=O)C(CO)C(N)c1ccc(N)cc1. The molecule has 6 heteroatoms. The molecule has 0 bridgehead atoms. The van der Waals surface area contributed by atoms with Gasteiger partial charge in [-0.25, -0.2) is 8.42 Å². The van der Waals surface area contributed by atoms with Crippen LogP contribution in [-0.2, 0) is 9.84 Å². The molecule has 0 aliphatic carbocycles. The highest BCUT2D eigenvalue weighted by Crippen LogP contribution is 2.21. The minimum atomic E-state index is -3.37. The Bertz CT molecular complexity index is 456. The molecule has 0 aromatic heterocycles. The number of aliphatic hydroxyl groups excluding tert-OH is 1. The lowest BCUT2D eigenvalue weighted by atomic mass is 10.0. The molecule has 0 aliphatic heterocycles. The van der Waals surface area contributed by atoms with E-state index in [0.717, 1.165) is 0 Å². The molecule has 0 spiro atoms. The summed E-state index contributed by atoms with van der Waals surface area (Å²) in [6.45, 7) is 1.05. The molecular formula is C11H18N2O3S. The Balaban J connectivity index is 3.02. The first-order valence-electron chi connectivity index (χ1n) is 5.35. The van der Waals surface area contributed by atoms with Gasteiger partial charge >= 0.3 is 0 Å². The number of hydrogen-bond donors (Lipinski definition) is 3. The van der Waals surface area contributed by atoms with Gasteiger partial charge in [-0.3, -0.25) is 0 Å². The first kappa shape index (κ1) is 14.0. The van der Waals surface area contributed by atoms with Crippen LogP contribution in [0.25, 0.3) is 0 Å². The molecule has 5 N–H and O–H groups in total. The summed E-state index contributed by atoms with van der Waals surface area (Å²) in [6, 6.07) is 5.91. The number of aliphatic hydroxyl groups is 1. The van der Waals surface area contributed by atoms with E-state index in [1.54, 1.807) is 24.3 Å². The van der Waals surface area contributed by atoms with Gasteiger partial charge in [-0.05, 0) is 17.7 Å². The van der Waals surface area contributed by atoms with Crippen LogP contribution in [0, 0.1) is 0 Å². The predicted octanol–water partition coefficient (Wildman–Crippen LogP) is 0.0642. The van der Waals surface area contributed by atoms with Gasteiger partial charge in [-0.1, -0.05) is 19.1 Å². The second-order valence-electron chi connectivity index (χ2n) is 3.87. The molecule has 2 atom stereocenters. The Kier molecular flexibility index (Phi) is 4.50. The van der Waals surface area contributed by atoms with Crippen LogP contribution in [-0.4, -0.2) is 31.1 Å². The summed E-state index contributed by atoms with van der Waals surface area (Å²) in [5.74, 6) is -0.0408. The third-order valence-electron chi connectivity index (χ3n) is 2.77. The number of rotatable bonds is 5. The summed E-state index contributed by atoms with van der Waals surface area (Å²) in [5.41, 5.74) is 12.7. The molecule has 0 saturated carbocycles. The Morgan fingerprint density at radius 2 is 1.82 bits per heavy atom. The molecule has 0 fully saturated rings. The number of hydrogen-bond acceptors (Lipinski definition) is 5. The fraction of sp³-hybridized carbons (Fsp3) is 0.455. The molecule has 1 aromatic rings. The van der Waals surface area contributed by atoms with Crippen molar-refractivity contribution in [1.82, 2.24) is 0 Å². The summed E-state index contributed by atoms with van der Waals surface area (Å²) in [7, 11) is -3.37. The quantitative estimate of drug-likeness (QED) is 0.648. The van der Waals surface area contributed by atoms with Crippen molar-refractivity contribution in [3.05, 3.63) is 29.8 Å². The fourth-order valence-corrected chi connectivity index (χ4v) is 2.86. The van der Waals surface area contributed by atoms with Gasteiger partial charge in [0.05, 0.1) is 6.61 Å².